The molecule has 1 aromatic heterocycles. The van der Waals surface area contributed by atoms with E-state index in [9.17, 15) is 4.79 Å². The Hall–Kier alpha value is -2.40. The first-order valence-corrected chi connectivity index (χ1v) is 8.75. The largest absolute Gasteiger partial charge is 0.465 e. The smallest absolute Gasteiger partial charge is 0.337 e. The molecule has 5 nitrogen and oxygen atoms in total. The maximum Gasteiger partial charge on any atom is 0.337 e. The van der Waals surface area contributed by atoms with Gasteiger partial charge in [-0.1, -0.05) is 18.2 Å². The second-order valence-corrected chi connectivity index (χ2v) is 6.47. The molecule has 2 heterocycles. The normalized spacial score (nSPS) is 15.2. The highest BCUT2D eigenvalue weighted by molar-refractivity contribution is 5.89. The molecule has 5 heteroatoms. The van der Waals surface area contributed by atoms with Crippen LogP contribution < -0.4 is 10.2 Å². The van der Waals surface area contributed by atoms with Crippen LogP contribution in [0.5, 0.6) is 0 Å². The second kappa shape index (κ2) is 8.12. The van der Waals surface area contributed by atoms with E-state index in [0.717, 1.165) is 44.0 Å². The van der Waals surface area contributed by atoms with Gasteiger partial charge in [-0.2, -0.15) is 0 Å². The number of hydrogen-bond donors (Lipinski definition) is 1. The van der Waals surface area contributed by atoms with Crippen molar-refractivity contribution in [2.45, 2.75) is 32.4 Å². The van der Waals surface area contributed by atoms with Gasteiger partial charge < -0.3 is 15.0 Å². The molecule has 132 valence electrons. The highest BCUT2D eigenvalue weighted by Crippen LogP contribution is 2.18. The molecule has 25 heavy (non-hydrogen) atoms. The van der Waals surface area contributed by atoms with E-state index in [4.69, 9.17) is 4.74 Å². The summed E-state index contributed by atoms with van der Waals surface area (Å²) in [5.74, 6) is 0.786. The van der Waals surface area contributed by atoms with E-state index in [2.05, 4.69) is 27.3 Å². The van der Waals surface area contributed by atoms with Gasteiger partial charge in [0, 0.05) is 31.4 Å². The van der Waals surface area contributed by atoms with Gasteiger partial charge in [0.2, 0.25) is 0 Å². The van der Waals surface area contributed by atoms with Crippen LogP contribution in [0.25, 0.3) is 0 Å². The Morgan fingerprint density at radius 2 is 1.92 bits per heavy atom. The molecule has 2 aromatic rings. The number of ether oxygens (including phenoxy) is 1. The standard InChI is InChI=1S/C20H25N3O2/c1-15-4-3-5-19(22-15)23-12-10-18(11-13-23)21-14-16-6-8-17(9-7-16)20(24)25-2/h3-9,18,21H,10-14H2,1-2H3. The Kier molecular flexibility index (Phi) is 5.66. The average Bonchev–Trinajstić information content (AvgIpc) is 2.66. The van der Waals surface area contributed by atoms with Crippen molar-refractivity contribution in [3.05, 3.63) is 59.3 Å². The molecule has 1 saturated heterocycles. The monoisotopic (exact) mass is 339 g/mol. The van der Waals surface area contributed by atoms with Crippen molar-refractivity contribution >= 4 is 11.8 Å². The van der Waals surface area contributed by atoms with Crippen LogP contribution in [-0.2, 0) is 11.3 Å². The average molecular weight is 339 g/mol. The first-order chi connectivity index (χ1) is 12.2. The third-order valence-electron chi connectivity index (χ3n) is 4.66. The predicted octanol–water partition coefficient (Wildman–Crippen LogP) is 2.94. The van der Waals surface area contributed by atoms with Gasteiger partial charge in [0.15, 0.2) is 0 Å². The number of anilines is 1. The van der Waals surface area contributed by atoms with E-state index < -0.39 is 0 Å². The van der Waals surface area contributed by atoms with Crippen LogP contribution in [0.4, 0.5) is 5.82 Å². The van der Waals surface area contributed by atoms with Crippen LogP contribution >= 0.6 is 0 Å². The van der Waals surface area contributed by atoms with Crippen LogP contribution in [0.1, 0.15) is 34.5 Å². The summed E-state index contributed by atoms with van der Waals surface area (Å²) in [4.78, 5) is 18.4. The molecule has 3 rings (SSSR count). The zero-order chi connectivity index (χ0) is 17.6. The van der Waals surface area contributed by atoms with E-state index in [0.29, 0.717) is 11.6 Å². The number of aromatic nitrogens is 1. The molecule has 1 aliphatic heterocycles. The van der Waals surface area contributed by atoms with Crippen molar-refractivity contribution in [2.75, 3.05) is 25.1 Å². The van der Waals surface area contributed by atoms with Gasteiger partial charge >= 0.3 is 5.97 Å². The Bertz CT molecular complexity index is 707. The first-order valence-electron chi connectivity index (χ1n) is 8.75. The fourth-order valence-corrected chi connectivity index (χ4v) is 3.16. The fourth-order valence-electron chi connectivity index (χ4n) is 3.16. The van der Waals surface area contributed by atoms with E-state index in [1.807, 2.05) is 37.3 Å². The molecular formula is C20H25N3O2. The van der Waals surface area contributed by atoms with Gasteiger partial charge in [-0.05, 0) is 49.6 Å². The Labute approximate surface area is 149 Å². The van der Waals surface area contributed by atoms with E-state index in [1.54, 1.807) is 0 Å². The molecule has 0 bridgehead atoms. The fraction of sp³-hybridized carbons (Fsp3) is 0.400. The van der Waals surface area contributed by atoms with E-state index in [-0.39, 0.29) is 5.97 Å². The third-order valence-corrected chi connectivity index (χ3v) is 4.66. The van der Waals surface area contributed by atoms with Crippen LogP contribution in [0, 0.1) is 6.92 Å². The lowest BCUT2D eigenvalue weighted by molar-refractivity contribution is 0.0600. The molecular weight excluding hydrogens is 314 g/mol. The number of nitrogens with zero attached hydrogens (tertiary/aromatic N) is 2. The van der Waals surface area contributed by atoms with Crippen molar-refractivity contribution in [3.63, 3.8) is 0 Å². The van der Waals surface area contributed by atoms with Crippen LogP contribution in [-0.4, -0.2) is 37.2 Å². The first kappa shape index (κ1) is 17.4. The minimum absolute atomic E-state index is 0.295. The molecule has 0 aliphatic carbocycles. The molecule has 0 amide bonds. The molecule has 1 aliphatic rings. The lowest BCUT2D eigenvalue weighted by atomic mass is 10.0. The SMILES string of the molecule is COC(=O)c1ccc(CNC2CCN(c3cccc(C)n3)CC2)cc1. The quantitative estimate of drug-likeness (QED) is 0.849. The number of rotatable bonds is 5. The second-order valence-electron chi connectivity index (χ2n) is 6.47. The van der Waals surface area contributed by atoms with Gasteiger partial charge in [0.05, 0.1) is 12.7 Å². The third kappa shape index (κ3) is 4.57. The van der Waals surface area contributed by atoms with Gasteiger partial charge in [-0.15, -0.1) is 0 Å². The number of piperidine rings is 1. The van der Waals surface area contributed by atoms with E-state index in [1.165, 1.54) is 12.7 Å². The molecule has 1 aromatic carbocycles. The Morgan fingerprint density at radius 3 is 2.56 bits per heavy atom. The Morgan fingerprint density at radius 1 is 1.20 bits per heavy atom. The minimum atomic E-state index is -0.295. The van der Waals surface area contributed by atoms with Crippen molar-refractivity contribution < 1.29 is 9.53 Å². The number of methoxy groups -OCH3 is 1. The lowest BCUT2D eigenvalue weighted by Gasteiger charge is -2.33. The van der Waals surface area contributed by atoms with Crippen molar-refractivity contribution in [3.8, 4) is 0 Å². The number of nitrogens with one attached hydrogen (secondary N) is 1. The molecule has 0 radical (unpaired) electrons. The minimum Gasteiger partial charge on any atom is -0.465 e. The van der Waals surface area contributed by atoms with E-state index >= 15 is 0 Å². The highest BCUT2D eigenvalue weighted by atomic mass is 16.5. The molecule has 1 N–H and O–H groups in total. The van der Waals surface area contributed by atoms with Gasteiger partial charge in [-0.25, -0.2) is 9.78 Å². The molecule has 0 saturated carbocycles. The molecule has 0 atom stereocenters. The summed E-state index contributed by atoms with van der Waals surface area (Å²) in [6.45, 7) is 4.89. The zero-order valence-corrected chi connectivity index (χ0v) is 14.9. The lowest BCUT2D eigenvalue weighted by Crippen LogP contribution is -2.42. The van der Waals surface area contributed by atoms with Crippen LogP contribution in [0.15, 0.2) is 42.5 Å². The number of benzene rings is 1. The summed E-state index contributed by atoms with van der Waals surface area (Å²) >= 11 is 0. The van der Waals surface area contributed by atoms with Crippen molar-refractivity contribution in [2.24, 2.45) is 0 Å². The van der Waals surface area contributed by atoms with Crippen LogP contribution in [0.2, 0.25) is 0 Å². The Balaban J connectivity index is 1.47. The summed E-state index contributed by atoms with van der Waals surface area (Å²) < 4.78 is 4.72. The number of hydrogen-bond acceptors (Lipinski definition) is 5. The van der Waals surface area contributed by atoms with Crippen LogP contribution in [0.3, 0.4) is 0 Å². The highest BCUT2D eigenvalue weighted by Gasteiger charge is 2.19. The summed E-state index contributed by atoms with van der Waals surface area (Å²) in [7, 11) is 1.40. The number of carbonyl (C=O) groups excluding carboxylic acids is 1. The maximum atomic E-state index is 11.5. The number of esters is 1. The van der Waals surface area contributed by atoms with Crippen molar-refractivity contribution in [1.29, 1.82) is 0 Å². The molecule has 1 fully saturated rings. The summed E-state index contributed by atoms with van der Waals surface area (Å²) in [6.07, 6.45) is 2.21. The molecule has 0 spiro atoms. The number of aryl methyl sites for hydroxylation is 1. The van der Waals surface area contributed by atoms with Gasteiger partial charge in [-0.3, -0.25) is 0 Å². The topological polar surface area (TPSA) is 54.5 Å². The zero-order valence-electron chi connectivity index (χ0n) is 14.9. The number of carbonyl (C=O) groups is 1. The van der Waals surface area contributed by atoms with Gasteiger partial charge in [0.25, 0.3) is 0 Å². The summed E-state index contributed by atoms with van der Waals surface area (Å²) in [5, 5.41) is 3.62. The van der Waals surface area contributed by atoms with Crippen molar-refractivity contribution in [1.82, 2.24) is 10.3 Å². The van der Waals surface area contributed by atoms with Gasteiger partial charge in [0.1, 0.15) is 5.82 Å². The maximum absolute atomic E-state index is 11.5. The summed E-state index contributed by atoms with van der Waals surface area (Å²) in [6, 6.07) is 14.3. The molecule has 0 unspecified atom stereocenters. The predicted molar refractivity (Wildman–Crippen MR) is 98.8 cm³/mol. The number of pyridine rings is 1. The summed E-state index contributed by atoms with van der Waals surface area (Å²) in [5.41, 5.74) is 2.83.